The van der Waals surface area contributed by atoms with Crippen LogP contribution in [0.15, 0.2) is 35.9 Å². The molecule has 48 heavy (non-hydrogen) atoms. The van der Waals surface area contributed by atoms with Crippen LogP contribution in [-0.4, -0.2) is 61.0 Å². The highest BCUT2D eigenvalue weighted by atomic mass is 35.5. The molecule has 3 fully saturated rings. The average Bonchev–Trinajstić information content (AvgIpc) is 3.37. The van der Waals surface area contributed by atoms with Gasteiger partial charge in [-0.15, -0.1) is 23.2 Å². The molecule has 2 aliphatic carbocycles. The van der Waals surface area contributed by atoms with Gasteiger partial charge in [-0.3, -0.25) is 28.9 Å². The third kappa shape index (κ3) is 4.66. The fourth-order valence-corrected chi connectivity index (χ4v) is 8.55. The van der Waals surface area contributed by atoms with Crippen molar-refractivity contribution in [3.05, 3.63) is 70.6 Å². The molecule has 0 radical (unpaired) electrons. The second-order valence-corrected chi connectivity index (χ2v) is 13.6. The van der Waals surface area contributed by atoms with Crippen molar-refractivity contribution in [3.8, 4) is 5.75 Å². The van der Waals surface area contributed by atoms with Crippen molar-refractivity contribution in [1.29, 1.82) is 0 Å². The highest BCUT2D eigenvalue weighted by Crippen LogP contribution is 2.66. The van der Waals surface area contributed by atoms with Crippen LogP contribution in [0.2, 0.25) is 0 Å². The predicted molar refractivity (Wildman–Crippen MR) is 157 cm³/mol. The first-order valence-electron chi connectivity index (χ1n) is 14.9. The van der Waals surface area contributed by atoms with E-state index in [0.717, 1.165) is 4.90 Å². The lowest BCUT2D eigenvalue weighted by Gasteiger charge is -2.50. The van der Waals surface area contributed by atoms with E-state index in [1.807, 2.05) is 0 Å². The Bertz CT molecular complexity index is 1800. The van der Waals surface area contributed by atoms with Crippen LogP contribution in [0.3, 0.4) is 0 Å². The number of carbonyl (C=O) groups is 5. The number of halogens is 7. The van der Waals surface area contributed by atoms with E-state index < -0.39 is 104 Å². The van der Waals surface area contributed by atoms with Crippen molar-refractivity contribution in [2.45, 2.75) is 54.2 Å². The summed E-state index contributed by atoms with van der Waals surface area (Å²) in [6.45, 7) is -0.00929. The highest BCUT2D eigenvalue weighted by molar-refractivity contribution is 6.58. The van der Waals surface area contributed by atoms with E-state index in [-0.39, 0.29) is 41.2 Å². The molecule has 2 N–H and O–H groups in total. The quantitative estimate of drug-likeness (QED) is 0.0722. The second kappa shape index (κ2) is 11.8. The van der Waals surface area contributed by atoms with Crippen LogP contribution in [0.4, 0.5) is 27.6 Å². The molecular formula is C32H25Cl2F5N2O7. The first-order chi connectivity index (χ1) is 22.6. The Kier molecular flexibility index (Phi) is 8.34. The summed E-state index contributed by atoms with van der Waals surface area (Å²) in [4.78, 5) is 62.0. The van der Waals surface area contributed by atoms with Crippen molar-refractivity contribution >= 4 is 58.5 Å². The summed E-state index contributed by atoms with van der Waals surface area (Å²) < 4.78 is 72.7. The molecule has 6 atom stereocenters. The number of likely N-dealkylation sites (tertiary alicyclic amines) is 1. The van der Waals surface area contributed by atoms with Crippen LogP contribution in [0.25, 0.3) is 0 Å². The van der Waals surface area contributed by atoms with Crippen molar-refractivity contribution in [1.82, 2.24) is 4.90 Å². The Morgan fingerprint density at radius 3 is 2.04 bits per heavy atom. The highest BCUT2D eigenvalue weighted by Gasteiger charge is 2.77. The van der Waals surface area contributed by atoms with E-state index in [4.69, 9.17) is 28.3 Å². The number of rotatable bonds is 8. The summed E-state index contributed by atoms with van der Waals surface area (Å²) in [5, 5.41) is 18.8. The number of anilines is 1. The molecule has 2 aromatic rings. The number of alkyl halides is 2. The zero-order chi connectivity index (χ0) is 35.0. The summed E-state index contributed by atoms with van der Waals surface area (Å²) in [6.07, 6.45) is 1.91. The fourth-order valence-electron chi connectivity index (χ4n) is 7.62. The normalized spacial score (nSPS) is 29.6. The number of aliphatic carboxylic acids is 1. The number of allylic oxidation sites excluding steroid dienone is 2. The van der Waals surface area contributed by atoms with Crippen LogP contribution in [-0.2, 0) is 24.0 Å². The zero-order valence-corrected chi connectivity index (χ0v) is 26.1. The third-order valence-electron chi connectivity index (χ3n) is 9.81. The summed E-state index contributed by atoms with van der Waals surface area (Å²) >= 11 is 14.1. The van der Waals surface area contributed by atoms with Crippen LogP contribution < -0.4 is 4.90 Å². The van der Waals surface area contributed by atoms with E-state index in [0.29, 0.717) is 19.3 Å². The molecule has 2 heterocycles. The maximum Gasteiger partial charge on any atom is 0.303 e. The second-order valence-electron chi connectivity index (χ2n) is 12.3. The number of aromatic hydroxyl groups is 1. The summed E-state index contributed by atoms with van der Waals surface area (Å²) in [5.74, 6) is -22.3. The number of hydrogen-bond donors (Lipinski definition) is 2. The van der Waals surface area contributed by atoms with E-state index in [2.05, 4.69) is 0 Å². The van der Waals surface area contributed by atoms with Gasteiger partial charge in [0.25, 0.3) is 11.8 Å². The molecule has 2 aliphatic heterocycles. The number of phenols is 1. The maximum absolute atomic E-state index is 15.1. The van der Waals surface area contributed by atoms with Gasteiger partial charge in [0, 0.05) is 18.9 Å². The molecule has 1 saturated carbocycles. The van der Waals surface area contributed by atoms with Gasteiger partial charge in [0.05, 0.1) is 11.8 Å². The number of nitrogens with zero attached hydrogens (tertiary/aromatic N) is 2. The number of fused-ring (bicyclic) bond motifs is 4. The number of phenolic OH excluding ortho intramolecular Hbond substituents is 1. The lowest BCUT2D eigenvalue weighted by atomic mass is 9.56. The molecule has 4 amide bonds. The number of hydrogen-bond acceptors (Lipinski definition) is 6. The molecule has 9 nitrogen and oxygen atoms in total. The van der Waals surface area contributed by atoms with Gasteiger partial charge in [-0.2, -0.15) is 0 Å². The molecule has 4 aliphatic rings. The average molecular weight is 715 g/mol. The largest absolute Gasteiger partial charge is 0.508 e. The first kappa shape index (κ1) is 33.8. The predicted octanol–water partition coefficient (Wildman–Crippen LogP) is 5.30. The summed E-state index contributed by atoms with van der Waals surface area (Å²) in [5.41, 5.74) is -1.41. The third-order valence-corrected chi connectivity index (χ3v) is 11.2. The smallest absolute Gasteiger partial charge is 0.303 e. The van der Waals surface area contributed by atoms with E-state index >= 15 is 8.78 Å². The van der Waals surface area contributed by atoms with Crippen molar-refractivity contribution in [2.24, 2.45) is 17.8 Å². The Morgan fingerprint density at radius 2 is 1.44 bits per heavy atom. The summed E-state index contributed by atoms with van der Waals surface area (Å²) in [6, 6.07) is 5.11. The lowest BCUT2D eigenvalue weighted by Crippen LogP contribution is -2.60. The van der Waals surface area contributed by atoms with Gasteiger partial charge in [0.2, 0.25) is 17.6 Å². The number of carbonyl (C=O) groups excluding carboxylic acids is 4. The minimum absolute atomic E-state index is 0.00306. The van der Waals surface area contributed by atoms with Crippen LogP contribution >= 0.6 is 23.2 Å². The van der Waals surface area contributed by atoms with Gasteiger partial charge in [-0.05, 0) is 49.3 Å². The zero-order valence-electron chi connectivity index (χ0n) is 24.6. The van der Waals surface area contributed by atoms with Gasteiger partial charge >= 0.3 is 5.97 Å². The SMILES string of the molecule is O=C(O)CCCCCN1C(=O)C2CC=C3C(CC4(Cl)C(=O)N(c5c(F)c(F)c(F)c(F)c5F)C(=O)C4(Cl)C3c3ccc(O)cc3)C2C1=O. The monoisotopic (exact) mass is 714 g/mol. The Labute approximate surface area is 278 Å². The van der Waals surface area contributed by atoms with Gasteiger partial charge in [0.15, 0.2) is 33.0 Å². The Morgan fingerprint density at radius 1 is 0.833 bits per heavy atom. The van der Waals surface area contributed by atoms with Crippen molar-refractivity contribution in [2.75, 3.05) is 11.4 Å². The molecule has 254 valence electrons. The van der Waals surface area contributed by atoms with E-state index in [1.54, 1.807) is 6.08 Å². The molecule has 2 aromatic carbocycles. The van der Waals surface area contributed by atoms with Crippen molar-refractivity contribution < 1.29 is 56.1 Å². The minimum atomic E-state index is -2.65. The molecule has 0 spiro atoms. The van der Waals surface area contributed by atoms with Crippen LogP contribution in [0, 0.1) is 46.8 Å². The lowest BCUT2D eigenvalue weighted by molar-refractivity contribution is -0.141. The summed E-state index contributed by atoms with van der Waals surface area (Å²) in [7, 11) is 0. The van der Waals surface area contributed by atoms with Crippen LogP contribution in [0.5, 0.6) is 5.75 Å². The fraction of sp³-hybridized carbons (Fsp3) is 0.406. The van der Waals surface area contributed by atoms with Gasteiger partial charge in [-0.1, -0.05) is 30.2 Å². The van der Waals surface area contributed by atoms with Gasteiger partial charge in [-0.25, -0.2) is 26.9 Å². The molecule has 16 heteroatoms. The van der Waals surface area contributed by atoms with E-state index in [9.17, 15) is 42.3 Å². The minimum Gasteiger partial charge on any atom is -0.508 e. The molecule has 0 aromatic heterocycles. The maximum atomic E-state index is 15.1. The Balaban J connectivity index is 1.45. The van der Waals surface area contributed by atoms with Crippen molar-refractivity contribution in [3.63, 3.8) is 0 Å². The van der Waals surface area contributed by atoms with Gasteiger partial charge < -0.3 is 10.2 Å². The van der Waals surface area contributed by atoms with E-state index in [1.165, 1.54) is 24.3 Å². The van der Waals surface area contributed by atoms with Gasteiger partial charge in [0.1, 0.15) is 11.4 Å². The van der Waals surface area contributed by atoms with Crippen LogP contribution in [0.1, 0.15) is 50.0 Å². The first-order valence-corrected chi connectivity index (χ1v) is 15.7. The molecule has 2 saturated heterocycles. The number of carboxylic acids is 1. The number of imide groups is 2. The molecular weight excluding hydrogens is 690 g/mol. The number of amides is 4. The molecule has 6 rings (SSSR count). The molecule has 0 bridgehead atoms. The molecule has 6 unspecified atom stereocenters. The number of carboxylic acid groups (broad SMARTS) is 1. The Hall–Kier alpha value is -4.04. The standard InChI is InChI=1S/C32H25Cl2F5N2O7/c33-31-12-17-15(9-10-16-19(17)28(46)40(27(16)45)11-3-1-2-4-18(43)44)20(13-5-7-14(42)8-6-13)32(31,34)30(48)41(29(31)47)26-24(38)22(36)21(35)23(37)25(26)39/h5-9,16-17,19-20,42H,1-4,10-12H2,(H,43,44). The topological polar surface area (TPSA) is 132 Å². The number of benzene rings is 2. The number of unbranched alkanes of at least 4 members (excludes halogenated alkanes) is 2.